The van der Waals surface area contributed by atoms with Gasteiger partial charge in [0.2, 0.25) is 5.89 Å². The summed E-state index contributed by atoms with van der Waals surface area (Å²) >= 11 is 3.06. The Balaban J connectivity index is 1.50. The van der Waals surface area contributed by atoms with E-state index in [0.717, 1.165) is 0 Å². The zero-order valence-corrected chi connectivity index (χ0v) is 14.2. The van der Waals surface area contributed by atoms with E-state index in [1.165, 1.54) is 16.7 Å². The number of thioether (sulfide) groups is 2. The van der Waals surface area contributed by atoms with Crippen LogP contribution in [0, 0.1) is 0 Å². The third kappa shape index (κ3) is 3.42. The van der Waals surface area contributed by atoms with E-state index in [0.29, 0.717) is 46.7 Å². The SMILES string of the molecule is CSCc1nnc(SCCCN2C(=O)c3ccccc3C2=O)o1. The van der Waals surface area contributed by atoms with Crippen LogP contribution in [0.25, 0.3) is 0 Å². The molecule has 0 saturated heterocycles. The molecule has 8 heteroatoms. The highest BCUT2D eigenvalue weighted by Crippen LogP contribution is 2.24. The Kier molecular flexibility index (Phi) is 5.02. The summed E-state index contributed by atoms with van der Waals surface area (Å²) in [5.41, 5.74) is 0.979. The van der Waals surface area contributed by atoms with Gasteiger partial charge < -0.3 is 4.42 Å². The summed E-state index contributed by atoms with van der Waals surface area (Å²) in [6.07, 6.45) is 2.65. The van der Waals surface area contributed by atoms with E-state index in [2.05, 4.69) is 10.2 Å². The summed E-state index contributed by atoms with van der Waals surface area (Å²) < 4.78 is 5.46. The number of imide groups is 1. The first-order chi connectivity index (χ1) is 11.2. The van der Waals surface area contributed by atoms with E-state index in [1.807, 2.05) is 6.26 Å². The van der Waals surface area contributed by atoms with Gasteiger partial charge in [0.1, 0.15) is 0 Å². The van der Waals surface area contributed by atoms with Gasteiger partial charge in [-0.15, -0.1) is 10.2 Å². The third-order valence-electron chi connectivity index (χ3n) is 3.35. The van der Waals surface area contributed by atoms with Crippen molar-refractivity contribution < 1.29 is 14.0 Å². The molecule has 1 aliphatic heterocycles. The maximum absolute atomic E-state index is 12.2. The molecule has 0 atom stereocenters. The van der Waals surface area contributed by atoms with Crippen molar-refractivity contribution in [3.8, 4) is 0 Å². The largest absolute Gasteiger partial charge is 0.415 e. The second-order valence-electron chi connectivity index (χ2n) is 4.90. The van der Waals surface area contributed by atoms with Crippen molar-refractivity contribution in [1.82, 2.24) is 15.1 Å². The lowest BCUT2D eigenvalue weighted by molar-refractivity contribution is 0.0655. The lowest BCUT2D eigenvalue weighted by Gasteiger charge is -2.12. The van der Waals surface area contributed by atoms with Crippen LogP contribution in [0.2, 0.25) is 0 Å². The Morgan fingerprint density at radius 3 is 2.48 bits per heavy atom. The number of hydrogen-bond acceptors (Lipinski definition) is 7. The predicted octanol–water partition coefficient (Wildman–Crippen LogP) is 2.71. The number of fused-ring (bicyclic) bond motifs is 1. The van der Waals surface area contributed by atoms with Gasteiger partial charge in [-0.3, -0.25) is 14.5 Å². The Hall–Kier alpha value is -1.80. The number of carbonyl (C=O) groups is 2. The van der Waals surface area contributed by atoms with Crippen LogP contribution in [0.3, 0.4) is 0 Å². The molecule has 0 unspecified atom stereocenters. The number of benzene rings is 1. The zero-order chi connectivity index (χ0) is 16.2. The molecule has 2 amide bonds. The van der Waals surface area contributed by atoms with Gasteiger partial charge in [0.05, 0.1) is 16.9 Å². The monoisotopic (exact) mass is 349 g/mol. The molecule has 0 fully saturated rings. The summed E-state index contributed by atoms with van der Waals surface area (Å²) in [5.74, 6) is 1.59. The summed E-state index contributed by atoms with van der Waals surface area (Å²) in [4.78, 5) is 25.7. The molecule has 0 aliphatic carbocycles. The summed E-state index contributed by atoms with van der Waals surface area (Å²) in [5, 5.41) is 8.41. The Morgan fingerprint density at radius 1 is 1.13 bits per heavy atom. The third-order valence-corrected chi connectivity index (χ3v) is 4.79. The maximum Gasteiger partial charge on any atom is 0.276 e. The van der Waals surface area contributed by atoms with Crippen LogP contribution in [0.5, 0.6) is 0 Å². The van der Waals surface area contributed by atoms with E-state index in [1.54, 1.807) is 36.0 Å². The summed E-state index contributed by atoms with van der Waals surface area (Å²) in [6.45, 7) is 0.394. The quantitative estimate of drug-likeness (QED) is 0.432. The van der Waals surface area contributed by atoms with Crippen LogP contribution in [0.1, 0.15) is 33.0 Å². The zero-order valence-electron chi connectivity index (χ0n) is 12.5. The Morgan fingerprint density at radius 2 is 1.83 bits per heavy atom. The lowest BCUT2D eigenvalue weighted by Crippen LogP contribution is -2.30. The topological polar surface area (TPSA) is 76.3 Å². The van der Waals surface area contributed by atoms with E-state index in [4.69, 9.17) is 4.42 Å². The van der Waals surface area contributed by atoms with Crippen molar-refractivity contribution in [3.05, 3.63) is 41.3 Å². The fourth-order valence-corrected chi connectivity index (χ4v) is 3.37. The van der Waals surface area contributed by atoms with Gasteiger partial charge in [0.25, 0.3) is 17.0 Å². The molecule has 0 N–H and O–H groups in total. The minimum atomic E-state index is -0.212. The second kappa shape index (κ2) is 7.18. The molecule has 120 valence electrons. The van der Waals surface area contributed by atoms with Crippen molar-refractivity contribution >= 4 is 35.3 Å². The van der Waals surface area contributed by atoms with E-state index >= 15 is 0 Å². The normalized spacial score (nSPS) is 13.7. The molecule has 0 saturated carbocycles. The smallest absolute Gasteiger partial charge is 0.276 e. The molecule has 23 heavy (non-hydrogen) atoms. The molecule has 0 bridgehead atoms. The second-order valence-corrected chi connectivity index (χ2v) is 6.82. The van der Waals surface area contributed by atoms with Crippen LogP contribution in [-0.4, -0.2) is 45.5 Å². The molecule has 0 spiro atoms. The molecule has 2 aromatic rings. The molecule has 3 rings (SSSR count). The first kappa shape index (κ1) is 16.1. The number of nitrogens with zero attached hydrogens (tertiary/aromatic N) is 3. The molecule has 1 aliphatic rings. The minimum absolute atomic E-state index is 0.212. The van der Waals surface area contributed by atoms with E-state index < -0.39 is 0 Å². The number of hydrogen-bond donors (Lipinski definition) is 0. The molecular formula is C15H15N3O3S2. The van der Waals surface area contributed by atoms with Gasteiger partial charge in [-0.2, -0.15) is 11.8 Å². The molecular weight excluding hydrogens is 334 g/mol. The van der Waals surface area contributed by atoms with Crippen molar-refractivity contribution in [3.63, 3.8) is 0 Å². The highest BCUT2D eigenvalue weighted by atomic mass is 32.2. The van der Waals surface area contributed by atoms with Crippen molar-refractivity contribution in [2.24, 2.45) is 0 Å². The summed E-state index contributed by atoms with van der Waals surface area (Å²) in [6, 6.07) is 6.92. The molecule has 6 nitrogen and oxygen atoms in total. The maximum atomic E-state index is 12.2. The number of aromatic nitrogens is 2. The molecule has 2 heterocycles. The first-order valence-corrected chi connectivity index (χ1v) is 9.48. The standard InChI is InChI=1S/C15H15N3O3S2/c1-22-9-12-16-17-15(21-12)23-8-4-7-18-13(19)10-5-2-3-6-11(10)14(18)20/h2-3,5-6H,4,7-9H2,1H3. The molecule has 1 aromatic carbocycles. The van der Waals surface area contributed by atoms with Crippen LogP contribution >= 0.6 is 23.5 Å². The lowest BCUT2D eigenvalue weighted by atomic mass is 10.1. The van der Waals surface area contributed by atoms with Gasteiger partial charge in [0.15, 0.2) is 0 Å². The van der Waals surface area contributed by atoms with Gasteiger partial charge in [-0.1, -0.05) is 23.9 Å². The van der Waals surface area contributed by atoms with Crippen molar-refractivity contribution in [1.29, 1.82) is 0 Å². The fourth-order valence-electron chi connectivity index (χ4n) is 2.30. The Labute approximate surface area is 142 Å². The summed E-state index contributed by atoms with van der Waals surface area (Å²) in [7, 11) is 0. The average Bonchev–Trinajstić information content (AvgIpc) is 3.10. The Bertz CT molecular complexity index is 697. The van der Waals surface area contributed by atoms with Crippen molar-refractivity contribution in [2.75, 3.05) is 18.6 Å². The predicted molar refractivity (Wildman–Crippen MR) is 88.7 cm³/mol. The van der Waals surface area contributed by atoms with Gasteiger partial charge >= 0.3 is 0 Å². The number of rotatable bonds is 7. The van der Waals surface area contributed by atoms with Gasteiger partial charge in [-0.05, 0) is 24.8 Å². The van der Waals surface area contributed by atoms with E-state index in [9.17, 15) is 9.59 Å². The van der Waals surface area contributed by atoms with E-state index in [-0.39, 0.29) is 11.8 Å². The molecule has 1 aromatic heterocycles. The van der Waals surface area contributed by atoms with Gasteiger partial charge in [-0.25, -0.2) is 0 Å². The van der Waals surface area contributed by atoms with Crippen LogP contribution in [-0.2, 0) is 5.75 Å². The molecule has 0 radical (unpaired) electrons. The number of amides is 2. The van der Waals surface area contributed by atoms with Gasteiger partial charge in [0, 0.05) is 12.3 Å². The van der Waals surface area contributed by atoms with Crippen LogP contribution in [0.4, 0.5) is 0 Å². The van der Waals surface area contributed by atoms with Crippen molar-refractivity contribution in [2.45, 2.75) is 17.4 Å². The average molecular weight is 349 g/mol. The minimum Gasteiger partial charge on any atom is -0.415 e. The first-order valence-electron chi connectivity index (χ1n) is 7.10. The van der Waals surface area contributed by atoms with Crippen LogP contribution < -0.4 is 0 Å². The highest BCUT2D eigenvalue weighted by molar-refractivity contribution is 7.99. The highest BCUT2D eigenvalue weighted by Gasteiger charge is 2.34. The fraction of sp³-hybridized carbons (Fsp3) is 0.333. The number of carbonyl (C=O) groups excluding carboxylic acids is 2. The van der Waals surface area contributed by atoms with Crippen LogP contribution in [0.15, 0.2) is 33.9 Å².